The van der Waals surface area contributed by atoms with Crippen LogP contribution in [-0.4, -0.2) is 16.0 Å². The van der Waals surface area contributed by atoms with E-state index in [0.717, 1.165) is 17.1 Å². The molecule has 2 aromatic carbocycles. The van der Waals surface area contributed by atoms with Crippen LogP contribution in [0.1, 0.15) is 10.4 Å². The molecule has 0 aliphatic heterocycles. The largest absolute Gasteiger partial charge is 0.355 e. The molecule has 5 nitrogen and oxygen atoms in total. The third-order valence-corrected chi connectivity index (χ3v) is 3.58. The molecule has 0 bridgehead atoms. The molecule has 3 N–H and O–H groups in total. The zero-order valence-corrected chi connectivity index (χ0v) is 15.3. The minimum atomic E-state index is -0.242. The molecule has 0 saturated heterocycles. The van der Waals surface area contributed by atoms with Crippen LogP contribution < -0.4 is 16.0 Å². The maximum absolute atomic E-state index is 12.0. The molecule has 7 heteroatoms. The van der Waals surface area contributed by atoms with E-state index in [0.29, 0.717) is 5.56 Å². The lowest BCUT2D eigenvalue weighted by atomic mass is 10.2. The number of nitrogens with zero attached hydrogens (tertiary/aromatic N) is 1. The van der Waals surface area contributed by atoms with Crippen molar-refractivity contribution in [2.24, 2.45) is 0 Å². The topological polar surface area (TPSA) is 66.1 Å². The van der Waals surface area contributed by atoms with Gasteiger partial charge in [-0.25, -0.2) is 0 Å². The monoisotopic (exact) mass is 384 g/mol. The minimum absolute atomic E-state index is 0. The van der Waals surface area contributed by atoms with Crippen LogP contribution in [0.2, 0.25) is 0 Å². The van der Waals surface area contributed by atoms with Crippen molar-refractivity contribution in [3.05, 3.63) is 84.7 Å². The third kappa shape index (κ3) is 5.54. The summed E-state index contributed by atoms with van der Waals surface area (Å²) in [5.74, 6) is -0.242. The number of halogens is 1. The van der Waals surface area contributed by atoms with Gasteiger partial charge in [-0.05, 0) is 60.7 Å². The first-order valence-corrected chi connectivity index (χ1v) is 8.06. The van der Waals surface area contributed by atoms with Gasteiger partial charge in [-0.2, -0.15) is 0 Å². The summed E-state index contributed by atoms with van der Waals surface area (Å²) in [7, 11) is 0. The zero-order chi connectivity index (χ0) is 17.5. The summed E-state index contributed by atoms with van der Waals surface area (Å²) in [4.78, 5) is 16.0. The second-order valence-corrected chi connectivity index (χ2v) is 5.62. The van der Waals surface area contributed by atoms with Gasteiger partial charge in [0.15, 0.2) is 5.11 Å². The predicted octanol–water partition coefficient (Wildman–Crippen LogP) is 4.37. The lowest BCUT2D eigenvalue weighted by Crippen LogP contribution is -2.34. The number of carbonyl (C=O) groups excluding carboxylic acids is 1. The van der Waals surface area contributed by atoms with E-state index in [2.05, 4.69) is 20.9 Å². The minimum Gasteiger partial charge on any atom is -0.355 e. The Labute approximate surface area is 163 Å². The highest BCUT2D eigenvalue weighted by atomic mass is 35.5. The lowest BCUT2D eigenvalue weighted by Gasteiger charge is -2.11. The van der Waals surface area contributed by atoms with E-state index in [1.165, 1.54) is 0 Å². The van der Waals surface area contributed by atoms with E-state index in [-0.39, 0.29) is 23.4 Å². The quantitative estimate of drug-likeness (QED) is 0.583. The molecule has 1 aromatic heterocycles. The summed E-state index contributed by atoms with van der Waals surface area (Å²) in [5.41, 5.74) is 3.25. The number of hydrogen-bond donors (Lipinski definition) is 3. The Morgan fingerprint density at radius 1 is 0.808 bits per heavy atom. The molecule has 0 fully saturated rings. The molecular weight excluding hydrogens is 368 g/mol. The van der Waals surface area contributed by atoms with E-state index < -0.39 is 0 Å². The Morgan fingerprint density at radius 2 is 1.38 bits per heavy atom. The zero-order valence-electron chi connectivity index (χ0n) is 13.7. The van der Waals surface area contributed by atoms with E-state index in [1.54, 1.807) is 36.7 Å². The molecule has 0 spiro atoms. The van der Waals surface area contributed by atoms with E-state index in [1.807, 2.05) is 42.5 Å². The second kappa shape index (κ2) is 9.50. The van der Waals surface area contributed by atoms with Gasteiger partial charge in [-0.3, -0.25) is 15.1 Å². The lowest BCUT2D eigenvalue weighted by molar-refractivity contribution is 0.0977. The number of hydrogen-bond acceptors (Lipinski definition) is 4. The number of thiocarbonyl (C=S) groups is 1. The van der Waals surface area contributed by atoms with Crippen LogP contribution in [0.4, 0.5) is 17.1 Å². The highest BCUT2D eigenvalue weighted by molar-refractivity contribution is 7.80. The Morgan fingerprint density at radius 3 is 2.04 bits per heavy atom. The fourth-order valence-electron chi connectivity index (χ4n) is 2.17. The Bertz CT molecular complexity index is 858. The van der Waals surface area contributed by atoms with Crippen LogP contribution in [0.25, 0.3) is 0 Å². The third-order valence-electron chi connectivity index (χ3n) is 3.37. The summed E-state index contributed by atoms with van der Waals surface area (Å²) >= 11 is 5.18. The first kappa shape index (κ1) is 19.4. The SMILES string of the molecule is Cl.O=C(NC(=S)Nc1ccc(Nc2ccncc2)cc1)c1ccccc1. The van der Waals surface area contributed by atoms with Crippen molar-refractivity contribution >= 4 is 52.7 Å². The Kier molecular flexibility index (Phi) is 7.08. The maximum atomic E-state index is 12.0. The molecule has 3 aromatic rings. The number of pyridine rings is 1. The average molecular weight is 385 g/mol. The molecule has 0 saturated carbocycles. The number of amides is 1. The van der Waals surface area contributed by atoms with Gasteiger partial charge < -0.3 is 10.6 Å². The highest BCUT2D eigenvalue weighted by Gasteiger charge is 2.07. The van der Waals surface area contributed by atoms with Crippen molar-refractivity contribution in [3.8, 4) is 0 Å². The smallest absolute Gasteiger partial charge is 0.257 e. The molecule has 26 heavy (non-hydrogen) atoms. The van der Waals surface area contributed by atoms with Crippen molar-refractivity contribution in [1.82, 2.24) is 10.3 Å². The molecule has 0 aliphatic rings. The van der Waals surface area contributed by atoms with Crippen molar-refractivity contribution in [2.75, 3.05) is 10.6 Å². The molecule has 0 aliphatic carbocycles. The predicted molar refractivity (Wildman–Crippen MR) is 111 cm³/mol. The summed E-state index contributed by atoms with van der Waals surface area (Å²) < 4.78 is 0. The van der Waals surface area contributed by atoms with Crippen molar-refractivity contribution < 1.29 is 4.79 Å². The summed E-state index contributed by atoms with van der Waals surface area (Å²) in [5, 5.41) is 9.17. The first-order chi connectivity index (χ1) is 12.2. The average Bonchev–Trinajstić information content (AvgIpc) is 2.65. The molecule has 1 heterocycles. The summed E-state index contributed by atoms with van der Waals surface area (Å²) in [6.45, 7) is 0. The molecule has 0 radical (unpaired) electrons. The summed E-state index contributed by atoms with van der Waals surface area (Å²) in [6.07, 6.45) is 3.46. The van der Waals surface area contributed by atoms with E-state index >= 15 is 0 Å². The molecule has 1 amide bonds. The van der Waals surface area contributed by atoms with Crippen LogP contribution in [0.3, 0.4) is 0 Å². The Balaban J connectivity index is 0.00000243. The standard InChI is InChI=1S/C19H16N4OS.ClH/c24-18(14-4-2-1-3-5-14)23-19(25)22-16-8-6-15(7-9-16)21-17-10-12-20-13-11-17;/h1-13H,(H,20,21)(H2,22,23,24,25);1H. The van der Waals surface area contributed by atoms with Crippen LogP contribution in [0, 0.1) is 0 Å². The number of nitrogens with one attached hydrogen (secondary N) is 3. The van der Waals surface area contributed by atoms with Gasteiger partial charge in [0.25, 0.3) is 5.91 Å². The number of carbonyl (C=O) groups is 1. The van der Waals surface area contributed by atoms with Gasteiger partial charge in [0.05, 0.1) is 0 Å². The molecule has 0 unspecified atom stereocenters. The fourth-order valence-corrected chi connectivity index (χ4v) is 2.38. The van der Waals surface area contributed by atoms with E-state index in [9.17, 15) is 4.79 Å². The number of anilines is 3. The van der Waals surface area contributed by atoms with Crippen molar-refractivity contribution in [3.63, 3.8) is 0 Å². The summed E-state index contributed by atoms with van der Waals surface area (Å²) in [6, 6.07) is 20.3. The number of benzene rings is 2. The molecular formula is C19H17ClN4OS. The van der Waals surface area contributed by atoms with Gasteiger partial charge in [-0.15, -0.1) is 12.4 Å². The molecule has 0 atom stereocenters. The van der Waals surface area contributed by atoms with Gasteiger partial charge in [-0.1, -0.05) is 18.2 Å². The van der Waals surface area contributed by atoms with Crippen molar-refractivity contribution in [2.45, 2.75) is 0 Å². The maximum Gasteiger partial charge on any atom is 0.257 e. The van der Waals surface area contributed by atoms with E-state index in [4.69, 9.17) is 12.2 Å². The molecule has 132 valence electrons. The second-order valence-electron chi connectivity index (χ2n) is 5.21. The van der Waals surface area contributed by atoms with Gasteiger partial charge >= 0.3 is 0 Å². The highest BCUT2D eigenvalue weighted by Crippen LogP contribution is 2.18. The van der Waals surface area contributed by atoms with Crippen LogP contribution in [0.15, 0.2) is 79.1 Å². The normalized spacial score (nSPS) is 9.54. The Hall–Kier alpha value is -2.96. The van der Waals surface area contributed by atoms with Gasteiger partial charge in [0.1, 0.15) is 0 Å². The van der Waals surface area contributed by atoms with Gasteiger partial charge in [0.2, 0.25) is 0 Å². The number of rotatable bonds is 4. The van der Waals surface area contributed by atoms with Crippen LogP contribution in [0.5, 0.6) is 0 Å². The first-order valence-electron chi connectivity index (χ1n) is 7.65. The number of aromatic nitrogens is 1. The van der Waals surface area contributed by atoms with Gasteiger partial charge in [0, 0.05) is 35.0 Å². The molecule has 3 rings (SSSR count). The van der Waals surface area contributed by atoms with Crippen molar-refractivity contribution in [1.29, 1.82) is 0 Å². The van der Waals surface area contributed by atoms with Crippen LogP contribution in [-0.2, 0) is 0 Å². The van der Waals surface area contributed by atoms with Crippen LogP contribution >= 0.6 is 24.6 Å². The fraction of sp³-hybridized carbons (Fsp3) is 0.